The van der Waals surface area contributed by atoms with Crippen molar-refractivity contribution in [3.8, 4) is 0 Å². The summed E-state index contributed by atoms with van der Waals surface area (Å²) in [5, 5.41) is 0.708. The van der Waals surface area contributed by atoms with Gasteiger partial charge in [-0.15, -0.1) is 12.4 Å². The first kappa shape index (κ1) is 17.7. The molecule has 0 aliphatic heterocycles. The van der Waals surface area contributed by atoms with Gasteiger partial charge in [-0.05, 0) is 25.1 Å². The Bertz CT molecular complexity index is 717. The molecule has 0 bridgehead atoms. The Kier molecular flexibility index (Phi) is 5.95. The average molecular weight is 375 g/mol. The van der Waals surface area contributed by atoms with Gasteiger partial charge in [0.1, 0.15) is 0 Å². The number of hydrogen-bond donors (Lipinski definition) is 2. The highest BCUT2D eigenvalue weighted by Gasteiger charge is 2.19. The van der Waals surface area contributed by atoms with Crippen molar-refractivity contribution in [2.45, 2.75) is 13.0 Å². The number of fused-ring (bicyclic) bond motifs is 1. The highest BCUT2D eigenvalue weighted by atomic mass is 79.9. The van der Waals surface area contributed by atoms with Gasteiger partial charge in [0.15, 0.2) is 0 Å². The summed E-state index contributed by atoms with van der Waals surface area (Å²) in [5.41, 5.74) is 6.31. The van der Waals surface area contributed by atoms with Gasteiger partial charge in [-0.25, -0.2) is 0 Å². The van der Waals surface area contributed by atoms with Crippen molar-refractivity contribution in [1.29, 1.82) is 0 Å². The van der Waals surface area contributed by atoms with Crippen molar-refractivity contribution >= 4 is 45.1 Å². The van der Waals surface area contributed by atoms with Crippen LogP contribution in [0.5, 0.6) is 0 Å². The van der Waals surface area contributed by atoms with E-state index in [1.807, 2.05) is 19.1 Å². The Hall–Kier alpha value is -1.37. The fourth-order valence-electron chi connectivity index (χ4n) is 1.95. The second kappa shape index (κ2) is 7.06. The molecule has 5 nitrogen and oxygen atoms in total. The Morgan fingerprint density at radius 2 is 2.10 bits per heavy atom. The summed E-state index contributed by atoms with van der Waals surface area (Å²) < 4.78 is 0.848. The van der Waals surface area contributed by atoms with E-state index < -0.39 is 0 Å². The van der Waals surface area contributed by atoms with E-state index >= 15 is 0 Å². The number of carbonyl (C=O) groups is 1. The number of H-pyrrole nitrogens is 1. The molecule has 2 aromatic rings. The second-order valence-corrected chi connectivity index (χ2v) is 5.65. The molecule has 0 spiro atoms. The van der Waals surface area contributed by atoms with E-state index in [1.54, 1.807) is 18.0 Å². The largest absolute Gasteiger partial charge is 0.338 e. The first-order chi connectivity index (χ1) is 9.43. The predicted octanol–water partition coefficient (Wildman–Crippen LogP) is 2.13. The maximum absolute atomic E-state index is 12.5. The van der Waals surface area contributed by atoms with Crippen LogP contribution in [0.4, 0.5) is 0 Å². The smallest absolute Gasteiger partial charge is 0.254 e. The molecule has 0 aliphatic rings. The second-order valence-electron chi connectivity index (χ2n) is 4.74. The number of carbonyl (C=O) groups excluding carboxylic acids is 1. The van der Waals surface area contributed by atoms with Gasteiger partial charge in [0, 0.05) is 41.1 Å². The number of nitrogens with one attached hydrogen (secondary N) is 1. The average Bonchev–Trinajstić information content (AvgIpc) is 2.44. The minimum atomic E-state index is -0.294. The van der Waals surface area contributed by atoms with Crippen LogP contribution in [0.3, 0.4) is 0 Å². The molecular weight excluding hydrogens is 358 g/mol. The summed E-state index contributed by atoms with van der Waals surface area (Å²) in [5.74, 6) is -0.211. The quantitative estimate of drug-likeness (QED) is 0.864. The molecule has 2 rings (SSSR count). The molecule has 1 heterocycles. The zero-order valence-electron chi connectivity index (χ0n) is 11.7. The summed E-state index contributed by atoms with van der Waals surface area (Å²) >= 11 is 3.38. The van der Waals surface area contributed by atoms with Gasteiger partial charge < -0.3 is 15.6 Å². The van der Waals surface area contributed by atoms with Gasteiger partial charge >= 0.3 is 0 Å². The lowest BCUT2D eigenvalue weighted by atomic mass is 10.1. The standard InChI is InChI=1S/C14H16BrN3O2.ClH/c1-8(7-16)18(2)14(20)11-6-13(19)17-12-4-3-9(15)5-10(11)12;/h3-6,8H,7,16H2,1-2H3,(H,17,19);1H. The lowest BCUT2D eigenvalue weighted by Gasteiger charge is -2.24. The molecular formula is C14H17BrClN3O2. The summed E-state index contributed by atoms with van der Waals surface area (Å²) in [6, 6.07) is 6.64. The van der Waals surface area contributed by atoms with Crippen LogP contribution in [0.2, 0.25) is 0 Å². The molecule has 1 aromatic heterocycles. The summed E-state index contributed by atoms with van der Waals surface area (Å²) in [6.07, 6.45) is 0. The van der Waals surface area contributed by atoms with Crippen molar-refractivity contribution in [3.05, 3.63) is 44.7 Å². The maximum Gasteiger partial charge on any atom is 0.254 e. The van der Waals surface area contributed by atoms with Crippen LogP contribution in [0, 0.1) is 0 Å². The zero-order chi connectivity index (χ0) is 14.9. The molecule has 114 valence electrons. The minimum absolute atomic E-state index is 0. The Balaban J connectivity index is 0.00000220. The van der Waals surface area contributed by atoms with E-state index in [1.165, 1.54) is 6.07 Å². The number of aromatic nitrogens is 1. The lowest BCUT2D eigenvalue weighted by Crippen LogP contribution is -2.40. The molecule has 1 atom stereocenters. The van der Waals surface area contributed by atoms with Crippen LogP contribution in [0.15, 0.2) is 33.5 Å². The SMILES string of the molecule is CC(CN)N(C)C(=O)c1cc(=O)[nH]c2ccc(Br)cc12.Cl. The third-order valence-corrected chi connectivity index (χ3v) is 3.85. The molecule has 3 N–H and O–H groups in total. The molecule has 7 heteroatoms. The predicted molar refractivity (Wildman–Crippen MR) is 90.1 cm³/mol. The molecule has 0 aliphatic carbocycles. The van der Waals surface area contributed by atoms with E-state index in [2.05, 4.69) is 20.9 Å². The van der Waals surface area contributed by atoms with Crippen LogP contribution in [-0.2, 0) is 0 Å². The van der Waals surface area contributed by atoms with E-state index in [-0.39, 0.29) is 29.9 Å². The number of pyridine rings is 1. The van der Waals surface area contributed by atoms with E-state index in [0.29, 0.717) is 23.0 Å². The monoisotopic (exact) mass is 373 g/mol. The van der Waals surface area contributed by atoms with Crippen LogP contribution < -0.4 is 11.3 Å². The van der Waals surface area contributed by atoms with Gasteiger partial charge in [-0.1, -0.05) is 15.9 Å². The number of rotatable bonds is 3. The minimum Gasteiger partial charge on any atom is -0.338 e. The number of nitrogens with two attached hydrogens (primary N) is 1. The topological polar surface area (TPSA) is 79.2 Å². The molecule has 1 aromatic carbocycles. The van der Waals surface area contributed by atoms with Crippen molar-refractivity contribution < 1.29 is 4.79 Å². The third kappa shape index (κ3) is 3.64. The number of likely N-dealkylation sites (N-methyl/N-ethyl adjacent to an activating group) is 1. The van der Waals surface area contributed by atoms with Gasteiger partial charge in [-0.3, -0.25) is 9.59 Å². The van der Waals surface area contributed by atoms with Gasteiger partial charge in [0.2, 0.25) is 5.56 Å². The lowest BCUT2D eigenvalue weighted by molar-refractivity contribution is 0.0750. The van der Waals surface area contributed by atoms with Crippen LogP contribution in [-0.4, -0.2) is 35.4 Å². The number of nitrogens with zero attached hydrogens (tertiary/aromatic N) is 1. The van der Waals surface area contributed by atoms with Crippen molar-refractivity contribution in [3.63, 3.8) is 0 Å². The summed E-state index contributed by atoms with van der Waals surface area (Å²) in [6.45, 7) is 2.23. The molecule has 21 heavy (non-hydrogen) atoms. The maximum atomic E-state index is 12.5. The van der Waals surface area contributed by atoms with Crippen molar-refractivity contribution in [1.82, 2.24) is 9.88 Å². The van der Waals surface area contributed by atoms with Gasteiger partial charge in [-0.2, -0.15) is 0 Å². The molecule has 0 radical (unpaired) electrons. The van der Waals surface area contributed by atoms with Gasteiger partial charge in [0.25, 0.3) is 5.91 Å². The molecule has 0 saturated carbocycles. The Morgan fingerprint density at radius 3 is 2.71 bits per heavy atom. The van der Waals surface area contributed by atoms with E-state index in [0.717, 1.165) is 4.47 Å². The zero-order valence-corrected chi connectivity index (χ0v) is 14.1. The first-order valence-electron chi connectivity index (χ1n) is 6.24. The highest BCUT2D eigenvalue weighted by Crippen LogP contribution is 2.21. The summed E-state index contributed by atoms with van der Waals surface area (Å²) in [7, 11) is 1.69. The number of benzene rings is 1. The Morgan fingerprint density at radius 1 is 1.43 bits per heavy atom. The van der Waals surface area contributed by atoms with Crippen molar-refractivity contribution in [2.75, 3.05) is 13.6 Å². The number of aromatic amines is 1. The first-order valence-corrected chi connectivity index (χ1v) is 7.03. The number of hydrogen-bond acceptors (Lipinski definition) is 3. The normalized spacial score (nSPS) is 11.8. The third-order valence-electron chi connectivity index (χ3n) is 3.36. The Labute approximate surface area is 137 Å². The van der Waals surface area contributed by atoms with Crippen LogP contribution >= 0.6 is 28.3 Å². The number of halogens is 2. The van der Waals surface area contributed by atoms with E-state index in [9.17, 15) is 9.59 Å². The fourth-order valence-corrected chi connectivity index (χ4v) is 2.31. The molecule has 1 amide bonds. The van der Waals surface area contributed by atoms with E-state index in [4.69, 9.17) is 5.73 Å². The molecule has 1 unspecified atom stereocenters. The highest BCUT2D eigenvalue weighted by molar-refractivity contribution is 9.10. The fraction of sp³-hybridized carbons (Fsp3) is 0.286. The summed E-state index contributed by atoms with van der Waals surface area (Å²) in [4.78, 5) is 28.5. The van der Waals surface area contributed by atoms with Gasteiger partial charge in [0.05, 0.1) is 5.56 Å². The van der Waals surface area contributed by atoms with Crippen LogP contribution in [0.1, 0.15) is 17.3 Å². The van der Waals surface area contributed by atoms with Crippen LogP contribution in [0.25, 0.3) is 10.9 Å². The molecule has 0 fully saturated rings. The number of amides is 1. The van der Waals surface area contributed by atoms with Crippen molar-refractivity contribution in [2.24, 2.45) is 5.73 Å². The molecule has 0 saturated heterocycles.